The minimum Gasteiger partial charge on any atom is -0.492 e. The highest BCUT2D eigenvalue weighted by atomic mass is 16.5. The minimum atomic E-state index is 0.0969. The smallest absolute Gasteiger partial charge is 0.164 e. The van der Waals surface area contributed by atoms with E-state index >= 15 is 0 Å². The van der Waals surface area contributed by atoms with E-state index in [2.05, 4.69) is 4.98 Å². The Morgan fingerprint density at radius 3 is 2.94 bits per heavy atom. The standard InChI is InChI=1S/C13H20N2O2/c1-3-17-12-7-11(8-15-9-12)13(16)6-4-5-10(2)14/h7-10H,3-6,14H2,1-2H3. The second-order valence-electron chi connectivity index (χ2n) is 4.14. The molecule has 0 aliphatic carbocycles. The maximum atomic E-state index is 11.8. The van der Waals surface area contributed by atoms with Crippen LogP contribution in [0.3, 0.4) is 0 Å². The topological polar surface area (TPSA) is 65.2 Å². The highest BCUT2D eigenvalue weighted by Gasteiger charge is 2.08. The Bertz CT molecular complexity index is 364. The average molecular weight is 236 g/mol. The van der Waals surface area contributed by atoms with Crippen LogP contribution in [0, 0.1) is 0 Å². The van der Waals surface area contributed by atoms with E-state index in [0.29, 0.717) is 24.3 Å². The van der Waals surface area contributed by atoms with Crippen molar-refractivity contribution in [1.82, 2.24) is 4.98 Å². The molecule has 1 aromatic heterocycles. The van der Waals surface area contributed by atoms with Crippen LogP contribution in [0.2, 0.25) is 0 Å². The third kappa shape index (κ3) is 4.95. The molecule has 0 aromatic carbocycles. The summed E-state index contributed by atoms with van der Waals surface area (Å²) in [7, 11) is 0. The van der Waals surface area contributed by atoms with Crippen LogP contribution < -0.4 is 10.5 Å². The number of hydrogen-bond acceptors (Lipinski definition) is 4. The second-order valence-corrected chi connectivity index (χ2v) is 4.14. The van der Waals surface area contributed by atoms with Crippen molar-refractivity contribution in [3.05, 3.63) is 24.0 Å². The molecule has 1 rings (SSSR count). The molecule has 17 heavy (non-hydrogen) atoms. The summed E-state index contributed by atoms with van der Waals surface area (Å²) in [6, 6.07) is 1.89. The number of ketones is 1. The molecule has 1 heterocycles. The number of Topliss-reactive ketones (excluding diaryl/α,β-unsaturated/α-hetero) is 1. The van der Waals surface area contributed by atoms with Crippen molar-refractivity contribution < 1.29 is 9.53 Å². The van der Waals surface area contributed by atoms with E-state index in [1.165, 1.54) is 0 Å². The van der Waals surface area contributed by atoms with Gasteiger partial charge in [0.05, 0.1) is 12.8 Å². The minimum absolute atomic E-state index is 0.0969. The first-order valence-electron chi connectivity index (χ1n) is 6.00. The Balaban J connectivity index is 2.53. The number of nitrogens with two attached hydrogens (primary N) is 1. The molecule has 0 radical (unpaired) electrons. The summed E-state index contributed by atoms with van der Waals surface area (Å²) in [6.07, 6.45) is 5.39. The zero-order chi connectivity index (χ0) is 12.7. The maximum absolute atomic E-state index is 11.8. The zero-order valence-corrected chi connectivity index (χ0v) is 10.5. The molecule has 1 aromatic rings. The van der Waals surface area contributed by atoms with Crippen molar-refractivity contribution >= 4 is 5.78 Å². The Hall–Kier alpha value is -1.42. The lowest BCUT2D eigenvalue weighted by Crippen LogP contribution is -2.14. The number of pyridine rings is 1. The molecule has 0 aliphatic heterocycles. The molecule has 4 nitrogen and oxygen atoms in total. The molecule has 0 amide bonds. The third-order valence-electron chi connectivity index (χ3n) is 2.41. The van der Waals surface area contributed by atoms with Crippen LogP contribution in [0.25, 0.3) is 0 Å². The van der Waals surface area contributed by atoms with Crippen LogP contribution in [-0.2, 0) is 0 Å². The van der Waals surface area contributed by atoms with E-state index in [1.807, 2.05) is 13.8 Å². The fourth-order valence-electron chi connectivity index (χ4n) is 1.55. The Morgan fingerprint density at radius 2 is 2.29 bits per heavy atom. The molecule has 0 spiro atoms. The van der Waals surface area contributed by atoms with Crippen LogP contribution in [0.5, 0.6) is 5.75 Å². The normalized spacial score (nSPS) is 12.2. The molecule has 4 heteroatoms. The van der Waals surface area contributed by atoms with Crippen LogP contribution >= 0.6 is 0 Å². The summed E-state index contributed by atoms with van der Waals surface area (Å²) in [5, 5.41) is 0. The molecule has 0 saturated heterocycles. The van der Waals surface area contributed by atoms with Crippen molar-refractivity contribution in [2.24, 2.45) is 5.73 Å². The lowest BCUT2D eigenvalue weighted by molar-refractivity contribution is 0.0978. The summed E-state index contributed by atoms with van der Waals surface area (Å²) in [5.41, 5.74) is 6.25. The molecule has 0 saturated carbocycles. The van der Waals surface area contributed by atoms with Gasteiger partial charge in [-0.15, -0.1) is 0 Å². The third-order valence-corrected chi connectivity index (χ3v) is 2.41. The van der Waals surface area contributed by atoms with Gasteiger partial charge in [-0.25, -0.2) is 0 Å². The fourth-order valence-corrected chi connectivity index (χ4v) is 1.55. The highest BCUT2D eigenvalue weighted by molar-refractivity contribution is 5.96. The summed E-state index contributed by atoms with van der Waals surface area (Å²) < 4.78 is 5.30. The molecular formula is C13H20N2O2. The number of carbonyl (C=O) groups excluding carboxylic acids is 1. The first-order chi connectivity index (χ1) is 8.13. The summed E-state index contributed by atoms with van der Waals surface area (Å²) in [4.78, 5) is 15.8. The van der Waals surface area contributed by atoms with Crippen molar-refractivity contribution in [2.45, 2.75) is 39.2 Å². The summed E-state index contributed by atoms with van der Waals surface area (Å²) in [6.45, 7) is 4.42. The molecule has 1 atom stereocenters. The van der Waals surface area contributed by atoms with Gasteiger partial charge in [-0.1, -0.05) is 0 Å². The number of nitrogens with zero attached hydrogens (tertiary/aromatic N) is 1. The fraction of sp³-hybridized carbons (Fsp3) is 0.538. The van der Waals surface area contributed by atoms with Crippen LogP contribution in [0.1, 0.15) is 43.5 Å². The van der Waals surface area contributed by atoms with Gasteiger partial charge >= 0.3 is 0 Å². The summed E-state index contributed by atoms with van der Waals surface area (Å²) in [5.74, 6) is 0.741. The molecule has 0 bridgehead atoms. The number of rotatable bonds is 7. The SMILES string of the molecule is CCOc1cncc(C(=O)CCCC(C)N)c1. The van der Waals surface area contributed by atoms with Gasteiger partial charge < -0.3 is 10.5 Å². The highest BCUT2D eigenvalue weighted by Crippen LogP contribution is 2.14. The summed E-state index contributed by atoms with van der Waals surface area (Å²) >= 11 is 0. The van der Waals surface area contributed by atoms with E-state index in [9.17, 15) is 4.79 Å². The van der Waals surface area contributed by atoms with Crippen LogP contribution in [-0.4, -0.2) is 23.4 Å². The predicted molar refractivity (Wildman–Crippen MR) is 67.2 cm³/mol. The molecule has 0 fully saturated rings. The van der Waals surface area contributed by atoms with Crippen molar-refractivity contribution in [2.75, 3.05) is 6.61 Å². The molecular weight excluding hydrogens is 216 g/mol. The number of hydrogen-bond donors (Lipinski definition) is 1. The Labute approximate surface area is 102 Å². The van der Waals surface area contributed by atoms with E-state index in [1.54, 1.807) is 18.5 Å². The largest absolute Gasteiger partial charge is 0.492 e. The van der Waals surface area contributed by atoms with Crippen molar-refractivity contribution in [1.29, 1.82) is 0 Å². The van der Waals surface area contributed by atoms with Gasteiger partial charge in [0.15, 0.2) is 5.78 Å². The number of aromatic nitrogens is 1. The van der Waals surface area contributed by atoms with Gasteiger partial charge in [0.1, 0.15) is 5.75 Å². The lowest BCUT2D eigenvalue weighted by atomic mass is 10.1. The predicted octanol–water partition coefficient (Wildman–Crippen LogP) is 2.18. The van der Waals surface area contributed by atoms with Gasteiger partial charge in [-0.3, -0.25) is 9.78 Å². The monoisotopic (exact) mass is 236 g/mol. The van der Waals surface area contributed by atoms with Crippen LogP contribution in [0.4, 0.5) is 0 Å². The molecule has 2 N–H and O–H groups in total. The van der Waals surface area contributed by atoms with Gasteiger partial charge in [-0.05, 0) is 32.8 Å². The maximum Gasteiger partial charge on any atom is 0.164 e. The first kappa shape index (κ1) is 13.6. The van der Waals surface area contributed by atoms with Crippen LogP contribution in [0.15, 0.2) is 18.5 Å². The molecule has 1 unspecified atom stereocenters. The zero-order valence-electron chi connectivity index (χ0n) is 10.5. The van der Waals surface area contributed by atoms with E-state index in [-0.39, 0.29) is 11.8 Å². The first-order valence-corrected chi connectivity index (χ1v) is 6.00. The Kier molecular flexibility index (Phi) is 5.63. The number of ether oxygens (including phenoxy) is 1. The van der Waals surface area contributed by atoms with Gasteiger partial charge in [-0.2, -0.15) is 0 Å². The quantitative estimate of drug-likeness (QED) is 0.737. The van der Waals surface area contributed by atoms with Gasteiger partial charge in [0.25, 0.3) is 0 Å². The molecule has 94 valence electrons. The average Bonchev–Trinajstić information content (AvgIpc) is 2.29. The van der Waals surface area contributed by atoms with Crippen molar-refractivity contribution in [3.63, 3.8) is 0 Å². The van der Waals surface area contributed by atoms with E-state index in [4.69, 9.17) is 10.5 Å². The van der Waals surface area contributed by atoms with Crippen molar-refractivity contribution in [3.8, 4) is 5.75 Å². The van der Waals surface area contributed by atoms with E-state index < -0.39 is 0 Å². The second kappa shape index (κ2) is 7.01. The Morgan fingerprint density at radius 1 is 1.53 bits per heavy atom. The van der Waals surface area contributed by atoms with Gasteiger partial charge in [0, 0.05) is 24.2 Å². The molecule has 0 aliphatic rings. The lowest BCUT2D eigenvalue weighted by Gasteiger charge is -2.06. The van der Waals surface area contributed by atoms with Gasteiger partial charge in [0.2, 0.25) is 0 Å². The number of carbonyl (C=O) groups is 1. The van der Waals surface area contributed by atoms with E-state index in [0.717, 1.165) is 12.8 Å².